The number of thioether (sulfide) groups is 1. The molecule has 0 bridgehead atoms. The topological polar surface area (TPSA) is 88.0 Å². The Kier molecular flexibility index (Phi) is 5.57. The van der Waals surface area contributed by atoms with E-state index in [1.54, 1.807) is 24.3 Å². The third kappa shape index (κ3) is 4.98. The number of hydrogen-bond acceptors (Lipinski definition) is 5. The number of amides is 1. The highest BCUT2D eigenvalue weighted by molar-refractivity contribution is 7.99. The first-order chi connectivity index (χ1) is 12.1. The maximum Gasteiger partial charge on any atom is 0.439 e. The van der Waals surface area contributed by atoms with Gasteiger partial charge in [-0.15, -0.1) is 11.8 Å². The van der Waals surface area contributed by atoms with Crippen LogP contribution in [0.15, 0.2) is 57.8 Å². The van der Waals surface area contributed by atoms with E-state index in [1.807, 2.05) is 24.3 Å². The number of carbonyl (C=O) groups excluding carboxylic acids is 1. The average molecular weight is 376 g/mol. The van der Waals surface area contributed by atoms with Crippen LogP contribution in [0.2, 0.25) is 5.02 Å². The predicted octanol–water partition coefficient (Wildman–Crippen LogP) is 3.56. The number of rotatable bonds is 6. The van der Waals surface area contributed by atoms with Gasteiger partial charge in [0.15, 0.2) is 5.82 Å². The number of nitrogens with zero attached hydrogens (tertiary/aromatic N) is 1. The molecule has 128 valence electrons. The van der Waals surface area contributed by atoms with Crippen LogP contribution in [0.1, 0.15) is 5.56 Å². The van der Waals surface area contributed by atoms with Crippen molar-refractivity contribution in [1.82, 2.24) is 10.1 Å². The highest BCUT2D eigenvalue weighted by Crippen LogP contribution is 2.19. The minimum absolute atomic E-state index is 0.107. The Labute approximate surface area is 152 Å². The molecule has 2 N–H and O–H groups in total. The second-order valence-corrected chi connectivity index (χ2v) is 6.61. The largest absolute Gasteiger partial charge is 0.439 e. The number of carbonyl (C=O) groups is 1. The van der Waals surface area contributed by atoms with Crippen LogP contribution in [0, 0.1) is 0 Å². The third-order valence-electron chi connectivity index (χ3n) is 3.28. The first kappa shape index (κ1) is 17.3. The van der Waals surface area contributed by atoms with E-state index in [0.29, 0.717) is 27.9 Å². The van der Waals surface area contributed by atoms with Gasteiger partial charge < -0.3 is 5.32 Å². The van der Waals surface area contributed by atoms with Gasteiger partial charge in [-0.1, -0.05) is 41.0 Å². The lowest BCUT2D eigenvalue weighted by molar-refractivity contribution is -0.113. The highest BCUT2D eigenvalue weighted by Gasteiger charge is 2.07. The molecule has 3 rings (SSSR count). The molecule has 0 aliphatic heterocycles. The molecule has 3 aromatic rings. The van der Waals surface area contributed by atoms with E-state index < -0.39 is 5.76 Å². The Morgan fingerprint density at radius 1 is 1.24 bits per heavy atom. The van der Waals surface area contributed by atoms with E-state index >= 15 is 0 Å². The number of aromatic nitrogens is 2. The molecule has 1 aromatic heterocycles. The van der Waals surface area contributed by atoms with Crippen LogP contribution in [0.5, 0.6) is 0 Å². The molecule has 1 amide bonds. The fourth-order valence-corrected chi connectivity index (χ4v) is 3.05. The molecule has 2 aromatic carbocycles. The van der Waals surface area contributed by atoms with E-state index in [9.17, 15) is 9.59 Å². The molecule has 0 unspecified atom stereocenters. The molecular weight excluding hydrogens is 362 g/mol. The maximum absolute atomic E-state index is 12.1. The zero-order chi connectivity index (χ0) is 17.6. The fraction of sp³-hybridized carbons (Fsp3) is 0.118. The number of nitrogens with one attached hydrogen (secondary N) is 2. The maximum atomic E-state index is 12.1. The first-order valence-electron chi connectivity index (χ1n) is 7.38. The van der Waals surface area contributed by atoms with Gasteiger partial charge in [0.25, 0.3) is 0 Å². The van der Waals surface area contributed by atoms with Gasteiger partial charge in [-0.25, -0.2) is 4.79 Å². The van der Waals surface area contributed by atoms with Gasteiger partial charge in [-0.3, -0.25) is 14.3 Å². The summed E-state index contributed by atoms with van der Waals surface area (Å²) in [6, 6.07) is 14.6. The molecular formula is C17H14ClN3O3S. The summed E-state index contributed by atoms with van der Waals surface area (Å²) in [5.74, 6) is 0.643. The number of hydrogen-bond donors (Lipinski definition) is 2. The van der Waals surface area contributed by atoms with Gasteiger partial charge >= 0.3 is 5.76 Å². The molecule has 0 fully saturated rings. The number of halogens is 1. The van der Waals surface area contributed by atoms with Crippen LogP contribution in [-0.4, -0.2) is 21.8 Å². The van der Waals surface area contributed by atoms with Crippen molar-refractivity contribution in [1.29, 1.82) is 0 Å². The summed E-state index contributed by atoms with van der Waals surface area (Å²) in [7, 11) is 0. The van der Waals surface area contributed by atoms with Crippen LogP contribution in [-0.2, 0) is 10.5 Å². The van der Waals surface area contributed by atoms with Gasteiger partial charge in [0.05, 0.1) is 5.75 Å². The molecule has 0 radical (unpaired) electrons. The van der Waals surface area contributed by atoms with Crippen molar-refractivity contribution >= 4 is 35.0 Å². The van der Waals surface area contributed by atoms with Crippen molar-refractivity contribution in [3.05, 3.63) is 69.7 Å². The van der Waals surface area contributed by atoms with Crippen LogP contribution in [0.25, 0.3) is 11.4 Å². The lowest BCUT2D eigenvalue weighted by atomic mass is 10.2. The van der Waals surface area contributed by atoms with Gasteiger partial charge in [0.1, 0.15) is 0 Å². The fourth-order valence-electron chi connectivity index (χ4n) is 2.14. The van der Waals surface area contributed by atoms with E-state index in [0.717, 1.165) is 11.3 Å². The predicted molar refractivity (Wildman–Crippen MR) is 98.8 cm³/mol. The Morgan fingerprint density at radius 3 is 2.76 bits per heavy atom. The average Bonchev–Trinajstić information content (AvgIpc) is 3.03. The van der Waals surface area contributed by atoms with Crippen molar-refractivity contribution in [3.8, 4) is 11.4 Å². The summed E-state index contributed by atoms with van der Waals surface area (Å²) in [6.07, 6.45) is 0. The van der Waals surface area contributed by atoms with E-state index in [2.05, 4.69) is 20.0 Å². The molecule has 0 saturated carbocycles. The molecule has 25 heavy (non-hydrogen) atoms. The normalized spacial score (nSPS) is 10.6. The molecule has 0 saturated heterocycles. The number of aromatic amines is 1. The molecule has 0 aliphatic rings. The second kappa shape index (κ2) is 8.04. The number of benzene rings is 2. The summed E-state index contributed by atoms with van der Waals surface area (Å²) < 4.78 is 4.48. The van der Waals surface area contributed by atoms with Gasteiger partial charge in [0.2, 0.25) is 5.91 Å². The lowest BCUT2D eigenvalue weighted by Gasteiger charge is -2.06. The van der Waals surface area contributed by atoms with Gasteiger partial charge in [-0.2, -0.15) is 0 Å². The standard InChI is InChI=1S/C17H14ClN3O3S/c18-13-6-4-11(5-7-13)9-25-10-15(22)19-14-3-1-2-12(8-14)16-20-17(23)24-21-16/h1-8H,9-10H2,(H,19,22)(H,20,21,23). The summed E-state index contributed by atoms with van der Waals surface area (Å²) in [5, 5.41) is 7.14. The monoisotopic (exact) mass is 375 g/mol. The Balaban J connectivity index is 1.54. The summed E-state index contributed by atoms with van der Waals surface area (Å²) >= 11 is 7.36. The van der Waals surface area contributed by atoms with E-state index in [1.165, 1.54) is 11.8 Å². The van der Waals surface area contributed by atoms with Crippen LogP contribution in [0.3, 0.4) is 0 Å². The van der Waals surface area contributed by atoms with E-state index in [-0.39, 0.29) is 5.91 Å². The minimum Gasteiger partial charge on any atom is -0.325 e. The van der Waals surface area contributed by atoms with Gasteiger partial charge in [0, 0.05) is 22.0 Å². The molecule has 0 aliphatic carbocycles. The minimum atomic E-state index is -0.622. The zero-order valence-electron chi connectivity index (χ0n) is 13.0. The quantitative estimate of drug-likeness (QED) is 0.687. The van der Waals surface area contributed by atoms with Crippen molar-refractivity contribution in [2.24, 2.45) is 0 Å². The first-order valence-corrected chi connectivity index (χ1v) is 8.92. The zero-order valence-corrected chi connectivity index (χ0v) is 14.6. The van der Waals surface area contributed by atoms with Crippen molar-refractivity contribution in [2.75, 3.05) is 11.1 Å². The molecule has 6 nitrogen and oxygen atoms in total. The molecule has 8 heteroatoms. The van der Waals surface area contributed by atoms with Gasteiger partial charge in [-0.05, 0) is 29.8 Å². The Bertz CT molecular complexity index is 921. The Hall–Kier alpha value is -2.51. The number of H-pyrrole nitrogens is 1. The van der Waals surface area contributed by atoms with Crippen molar-refractivity contribution in [3.63, 3.8) is 0 Å². The summed E-state index contributed by atoms with van der Waals surface area (Å²) in [5.41, 5.74) is 2.38. The molecule has 0 spiro atoms. The van der Waals surface area contributed by atoms with Crippen LogP contribution >= 0.6 is 23.4 Å². The van der Waals surface area contributed by atoms with Crippen molar-refractivity contribution in [2.45, 2.75) is 5.75 Å². The second-order valence-electron chi connectivity index (χ2n) is 5.19. The lowest BCUT2D eigenvalue weighted by Crippen LogP contribution is -2.14. The van der Waals surface area contributed by atoms with Crippen molar-refractivity contribution < 1.29 is 9.32 Å². The molecule has 1 heterocycles. The van der Waals surface area contributed by atoms with E-state index in [4.69, 9.17) is 11.6 Å². The summed E-state index contributed by atoms with van der Waals surface area (Å²) in [4.78, 5) is 25.5. The summed E-state index contributed by atoms with van der Waals surface area (Å²) in [6.45, 7) is 0. The number of anilines is 1. The highest BCUT2D eigenvalue weighted by atomic mass is 35.5. The SMILES string of the molecule is O=C(CSCc1ccc(Cl)cc1)Nc1cccc(-c2noc(=O)[nH]2)c1. The smallest absolute Gasteiger partial charge is 0.325 e. The Morgan fingerprint density at radius 2 is 2.04 bits per heavy atom. The van der Waals surface area contributed by atoms with Crippen LogP contribution in [0.4, 0.5) is 5.69 Å². The third-order valence-corrected chi connectivity index (χ3v) is 4.53. The molecule has 0 atom stereocenters. The van der Waals surface area contributed by atoms with Crippen LogP contribution < -0.4 is 11.1 Å².